The molecule has 2 aromatic carbocycles. The molecule has 2 rings (SSSR count). The number of hydrogen-bond acceptors (Lipinski definition) is 3. The van der Waals surface area contributed by atoms with Gasteiger partial charge in [-0.15, -0.1) is 0 Å². The first-order chi connectivity index (χ1) is 12.0. The van der Waals surface area contributed by atoms with Crippen molar-refractivity contribution >= 4 is 29.1 Å². The summed E-state index contributed by atoms with van der Waals surface area (Å²) >= 11 is 5.99. The van der Waals surface area contributed by atoms with Gasteiger partial charge in [0.2, 0.25) is 0 Å². The first-order valence-electron chi connectivity index (χ1n) is 8.07. The first-order valence-corrected chi connectivity index (χ1v) is 8.45. The minimum Gasteiger partial charge on any atom is -0.483 e. The monoisotopic (exact) mass is 360 g/mol. The molecule has 25 heavy (non-hydrogen) atoms. The number of nitrogens with one attached hydrogen (secondary N) is 2. The minimum absolute atomic E-state index is 0.159. The summed E-state index contributed by atoms with van der Waals surface area (Å²) < 4.78 is 5.52. The maximum absolute atomic E-state index is 12.2. The Morgan fingerprint density at radius 1 is 1.16 bits per heavy atom. The van der Waals surface area contributed by atoms with Gasteiger partial charge in [-0.2, -0.15) is 0 Å². The van der Waals surface area contributed by atoms with Crippen LogP contribution in [0.5, 0.6) is 5.75 Å². The van der Waals surface area contributed by atoms with E-state index in [1.165, 1.54) is 0 Å². The Bertz CT molecular complexity index is 762. The number of halogens is 1. The zero-order valence-corrected chi connectivity index (χ0v) is 15.0. The number of anilines is 1. The molecule has 0 fully saturated rings. The van der Waals surface area contributed by atoms with Gasteiger partial charge in [-0.3, -0.25) is 9.59 Å². The lowest BCUT2D eigenvalue weighted by Crippen LogP contribution is -2.27. The molecule has 132 valence electrons. The van der Waals surface area contributed by atoms with Crippen molar-refractivity contribution in [3.8, 4) is 5.75 Å². The molecule has 0 saturated carbocycles. The van der Waals surface area contributed by atoms with Crippen LogP contribution in [0.4, 0.5) is 5.69 Å². The van der Waals surface area contributed by atoms with Crippen molar-refractivity contribution in [1.82, 2.24) is 5.32 Å². The molecule has 0 aliphatic rings. The number of aryl methyl sites for hydroxylation is 1. The molecular formula is C19H21ClN2O3. The number of rotatable bonds is 7. The van der Waals surface area contributed by atoms with E-state index < -0.39 is 0 Å². The Morgan fingerprint density at radius 3 is 2.64 bits per heavy atom. The van der Waals surface area contributed by atoms with Crippen LogP contribution in [0.15, 0.2) is 42.5 Å². The molecule has 0 atom stereocenters. The molecule has 6 heteroatoms. The van der Waals surface area contributed by atoms with Crippen molar-refractivity contribution in [1.29, 1.82) is 0 Å². The standard InChI is InChI=1S/C19H21ClN2O3/c1-3-10-21-19(24)15-9-8-14(20)11-16(15)22-18(23)12-25-17-7-5-4-6-13(17)2/h4-9,11H,3,10,12H2,1-2H3,(H,21,24)(H,22,23). The van der Waals surface area contributed by atoms with Crippen LogP contribution in [-0.2, 0) is 4.79 Å². The Balaban J connectivity index is 2.05. The van der Waals surface area contributed by atoms with Gasteiger partial charge in [-0.1, -0.05) is 36.7 Å². The quantitative estimate of drug-likeness (QED) is 0.789. The molecule has 0 bridgehead atoms. The number of carbonyl (C=O) groups excluding carboxylic acids is 2. The third kappa shape index (κ3) is 5.50. The fraction of sp³-hybridized carbons (Fsp3) is 0.263. The van der Waals surface area contributed by atoms with Crippen LogP contribution in [0.2, 0.25) is 5.02 Å². The van der Waals surface area contributed by atoms with Crippen LogP contribution in [0.3, 0.4) is 0 Å². The summed E-state index contributed by atoms with van der Waals surface area (Å²) in [5, 5.41) is 5.90. The molecule has 0 unspecified atom stereocenters. The summed E-state index contributed by atoms with van der Waals surface area (Å²) in [7, 11) is 0. The normalized spacial score (nSPS) is 10.2. The van der Waals surface area contributed by atoms with Crippen molar-refractivity contribution in [3.63, 3.8) is 0 Å². The molecule has 2 amide bonds. The predicted octanol–water partition coefficient (Wildman–Crippen LogP) is 3.81. The highest BCUT2D eigenvalue weighted by Crippen LogP contribution is 2.21. The Morgan fingerprint density at radius 2 is 1.92 bits per heavy atom. The van der Waals surface area contributed by atoms with E-state index in [9.17, 15) is 9.59 Å². The second-order valence-electron chi connectivity index (χ2n) is 5.55. The highest BCUT2D eigenvalue weighted by Gasteiger charge is 2.14. The molecule has 0 aromatic heterocycles. The number of hydrogen-bond donors (Lipinski definition) is 2. The Labute approximate surface area is 152 Å². The number of amides is 2. The van der Waals surface area contributed by atoms with Gasteiger partial charge in [0.15, 0.2) is 6.61 Å². The van der Waals surface area contributed by atoms with E-state index in [0.29, 0.717) is 28.6 Å². The molecule has 0 radical (unpaired) electrons. The zero-order chi connectivity index (χ0) is 18.2. The van der Waals surface area contributed by atoms with E-state index in [1.807, 2.05) is 32.0 Å². The highest BCUT2D eigenvalue weighted by molar-refractivity contribution is 6.31. The summed E-state index contributed by atoms with van der Waals surface area (Å²) in [6.07, 6.45) is 0.825. The van der Waals surface area contributed by atoms with Crippen molar-refractivity contribution in [2.75, 3.05) is 18.5 Å². The van der Waals surface area contributed by atoms with Gasteiger partial charge in [-0.05, 0) is 43.2 Å². The fourth-order valence-corrected chi connectivity index (χ4v) is 2.37. The van der Waals surface area contributed by atoms with Crippen molar-refractivity contribution < 1.29 is 14.3 Å². The van der Waals surface area contributed by atoms with Gasteiger partial charge in [0, 0.05) is 11.6 Å². The van der Waals surface area contributed by atoms with Gasteiger partial charge in [0.1, 0.15) is 5.75 Å². The van der Waals surface area contributed by atoms with E-state index in [4.69, 9.17) is 16.3 Å². The van der Waals surface area contributed by atoms with E-state index in [2.05, 4.69) is 10.6 Å². The molecule has 2 aromatic rings. The predicted molar refractivity (Wildman–Crippen MR) is 99.4 cm³/mol. The van der Waals surface area contributed by atoms with Crippen LogP contribution in [0.25, 0.3) is 0 Å². The topological polar surface area (TPSA) is 67.4 Å². The third-order valence-corrected chi connectivity index (χ3v) is 3.72. The molecule has 0 spiro atoms. The lowest BCUT2D eigenvalue weighted by atomic mass is 10.1. The number of ether oxygens (including phenoxy) is 1. The van der Waals surface area contributed by atoms with Crippen molar-refractivity contribution in [2.24, 2.45) is 0 Å². The molecule has 0 heterocycles. The van der Waals surface area contributed by atoms with Crippen LogP contribution < -0.4 is 15.4 Å². The average Bonchev–Trinajstić information content (AvgIpc) is 2.59. The smallest absolute Gasteiger partial charge is 0.262 e. The van der Waals surface area contributed by atoms with Crippen LogP contribution in [0, 0.1) is 6.92 Å². The van der Waals surface area contributed by atoms with E-state index >= 15 is 0 Å². The van der Waals surface area contributed by atoms with Gasteiger partial charge in [-0.25, -0.2) is 0 Å². The van der Waals surface area contributed by atoms with E-state index in [0.717, 1.165) is 12.0 Å². The summed E-state index contributed by atoms with van der Waals surface area (Å²) in [6.45, 7) is 4.27. The highest BCUT2D eigenvalue weighted by atomic mass is 35.5. The SMILES string of the molecule is CCCNC(=O)c1ccc(Cl)cc1NC(=O)COc1ccccc1C. The molecule has 0 aliphatic heterocycles. The zero-order valence-electron chi connectivity index (χ0n) is 14.3. The molecule has 5 nitrogen and oxygen atoms in total. The lowest BCUT2D eigenvalue weighted by Gasteiger charge is -2.13. The van der Waals surface area contributed by atoms with Gasteiger partial charge >= 0.3 is 0 Å². The maximum Gasteiger partial charge on any atom is 0.262 e. The van der Waals surface area contributed by atoms with Crippen molar-refractivity contribution in [3.05, 3.63) is 58.6 Å². The largest absolute Gasteiger partial charge is 0.483 e. The van der Waals surface area contributed by atoms with Gasteiger partial charge in [0.05, 0.1) is 11.3 Å². The van der Waals surface area contributed by atoms with Crippen molar-refractivity contribution in [2.45, 2.75) is 20.3 Å². The summed E-state index contributed by atoms with van der Waals surface area (Å²) in [4.78, 5) is 24.4. The summed E-state index contributed by atoms with van der Waals surface area (Å²) in [5.74, 6) is 0.0216. The third-order valence-electron chi connectivity index (χ3n) is 3.49. The maximum atomic E-state index is 12.2. The minimum atomic E-state index is -0.366. The average molecular weight is 361 g/mol. The fourth-order valence-electron chi connectivity index (χ4n) is 2.20. The molecule has 0 aliphatic carbocycles. The molecule has 0 saturated heterocycles. The number of benzene rings is 2. The van der Waals surface area contributed by atoms with Gasteiger partial charge < -0.3 is 15.4 Å². The second-order valence-corrected chi connectivity index (χ2v) is 5.98. The second kappa shape index (κ2) is 9.08. The van der Waals surface area contributed by atoms with E-state index in [1.54, 1.807) is 24.3 Å². The molecular weight excluding hydrogens is 340 g/mol. The summed E-state index contributed by atoms with van der Waals surface area (Å²) in [5.41, 5.74) is 1.67. The molecule has 2 N–H and O–H groups in total. The number of para-hydroxylation sites is 1. The van der Waals surface area contributed by atoms with Crippen LogP contribution in [0.1, 0.15) is 29.3 Å². The van der Waals surface area contributed by atoms with Crippen LogP contribution >= 0.6 is 11.6 Å². The Hall–Kier alpha value is -2.53. The summed E-state index contributed by atoms with van der Waals surface area (Å²) in [6, 6.07) is 12.2. The van der Waals surface area contributed by atoms with Crippen LogP contribution in [-0.4, -0.2) is 25.0 Å². The number of carbonyl (C=O) groups is 2. The first kappa shape index (κ1) is 18.8. The van der Waals surface area contributed by atoms with E-state index in [-0.39, 0.29) is 18.4 Å². The Kier molecular flexibility index (Phi) is 6.83. The van der Waals surface area contributed by atoms with Gasteiger partial charge in [0.25, 0.3) is 11.8 Å². The lowest BCUT2D eigenvalue weighted by molar-refractivity contribution is -0.118.